The number of rotatable bonds is 8. The van der Waals surface area contributed by atoms with Gasteiger partial charge in [0.2, 0.25) is 5.89 Å². The van der Waals surface area contributed by atoms with Crippen LogP contribution in [0.15, 0.2) is 40.9 Å². The second kappa shape index (κ2) is 8.80. The maximum absolute atomic E-state index is 11.8. The summed E-state index contributed by atoms with van der Waals surface area (Å²) in [6.07, 6.45) is 8.08. The predicted octanol–water partition coefficient (Wildman–Crippen LogP) is 2.92. The molecule has 0 radical (unpaired) electrons. The normalized spacial score (nSPS) is 18.2. The smallest absolute Gasteiger partial charge is 0.231 e. The summed E-state index contributed by atoms with van der Waals surface area (Å²) in [7, 11) is 2.05. The molecule has 3 rings (SSSR count). The van der Waals surface area contributed by atoms with E-state index in [1.54, 1.807) is 6.20 Å². The van der Waals surface area contributed by atoms with Crippen LogP contribution in [0.1, 0.15) is 49.3 Å². The van der Waals surface area contributed by atoms with Gasteiger partial charge in [0.15, 0.2) is 5.60 Å². The molecule has 1 saturated carbocycles. The summed E-state index contributed by atoms with van der Waals surface area (Å²) in [4.78, 5) is 6.68. The summed E-state index contributed by atoms with van der Waals surface area (Å²) in [5, 5.41) is 11.8. The number of aliphatic hydroxyl groups is 1. The fourth-order valence-electron chi connectivity index (χ4n) is 3.98. The molecule has 142 valence electrons. The Hall–Kier alpha value is -1.69. The van der Waals surface area contributed by atoms with E-state index < -0.39 is 5.60 Å². The average molecular weight is 357 g/mol. The number of hydrogen-bond acceptors (Lipinski definition) is 5. The van der Waals surface area contributed by atoms with E-state index in [4.69, 9.17) is 10.2 Å². The largest absolute Gasteiger partial charge is 0.442 e. The van der Waals surface area contributed by atoms with Crippen molar-refractivity contribution >= 4 is 0 Å². The van der Waals surface area contributed by atoms with Gasteiger partial charge in [0.1, 0.15) is 5.76 Å². The first-order valence-corrected chi connectivity index (χ1v) is 9.76. The molecule has 1 aromatic heterocycles. The lowest BCUT2D eigenvalue weighted by atomic mass is 9.73. The number of nitrogens with two attached hydrogens (primary N) is 1. The summed E-state index contributed by atoms with van der Waals surface area (Å²) in [5.74, 6) is 1.39. The lowest BCUT2D eigenvalue weighted by Gasteiger charge is -2.36. The number of aromatic nitrogens is 1. The second-order valence-electron chi connectivity index (χ2n) is 7.44. The highest BCUT2D eigenvalue weighted by molar-refractivity contribution is 5.30. The van der Waals surface area contributed by atoms with Crippen LogP contribution in [0.4, 0.5) is 0 Å². The summed E-state index contributed by atoms with van der Waals surface area (Å²) >= 11 is 0. The number of likely N-dealkylation sites (N-methyl/N-ethyl adjacent to an activating group) is 1. The van der Waals surface area contributed by atoms with Crippen LogP contribution in [-0.4, -0.2) is 41.7 Å². The van der Waals surface area contributed by atoms with Gasteiger partial charge in [-0.3, -0.25) is 0 Å². The molecule has 5 heteroatoms. The molecule has 1 aliphatic rings. The summed E-state index contributed by atoms with van der Waals surface area (Å²) in [6.45, 7) is 2.36. The molecule has 5 nitrogen and oxygen atoms in total. The van der Waals surface area contributed by atoms with Crippen molar-refractivity contribution in [3.05, 3.63) is 53.7 Å². The van der Waals surface area contributed by atoms with Gasteiger partial charge in [0.25, 0.3) is 0 Å². The molecule has 1 atom stereocenters. The zero-order chi connectivity index (χ0) is 18.4. The van der Waals surface area contributed by atoms with Crippen LogP contribution in [0, 0.1) is 5.92 Å². The van der Waals surface area contributed by atoms with Gasteiger partial charge in [0, 0.05) is 32.0 Å². The molecule has 2 aromatic rings. The maximum Gasteiger partial charge on any atom is 0.231 e. The number of oxazole rings is 1. The maximum atomic E-state index is 11.8. The van der Waals surface area contributed by atoms with E-state index in [1.807, 2.05) is 37.4 Å². The average Bonchev–Trinajstić information content (AvgIpc) is 3.17. The van der Waals surface area contributed by atoms with E-state index in [9.17, 15) is 5.11 Å². The minimum Gasteiger partial charge on any atom is -0.442 e. The van der Waals surface area contributed by atoms with Gasteiger partial charge in [-0.15, -0.1) is 0 Å². The quantitative estimate of drug-likeness (QED) is 0.760. The summed E-state index contributed by atoms with van der Waals surface area (Å²) in [6, 6.07) is 9.86. The van der Waals surface area contributed by atoms with Crippen molar-refractivity contribution < 1.29 is 9.52 Å². The van der Waals surface area contributed by atoms with Crippen LogP contribution in [0.5, 0.6) is 0 Å². The molecule has 1 aromatic carbocycles. The molecule has 3 N–H and O–H groups in total. The highest BCUT2D eigenvalue weighted by Gasteiger charge is 2.44. The molecular formula is C21H31N3O2. The monoisotopic (exact) mass is 357 g/mol. The molecule has 1 heterocycles. The van der Waals surface area contributed by atoms with Gasteiger partial charge in [0.05, 0.1) is 6.20 Å². The van der Waals surface area contributed by atoms with E-state index >= 15 is 0 Å². The van der Waals surface area contributed by atoms with Crippen LogP contribution in [-0.2, 0) is 12.0 Å². The lowest BCUT2D eigenvalue weighted by Crippen LogP contribution is -2.38. The van der Waals surface area contributed by atoms with Crippen LogP contribution < -0.4 is 5.73 Å². The van der Waals surface area contributed by atoms with Crippen LogP contribution in [0.25, 0.3) is 0 Å². The van der Waals surface area contributed by atoms with Crippen molar-refractivity contribution in [2.24, 2.45) is 11.7 Å². The fraction of sp³-hybridized carbons (Fsp3) is 0.571. The van der Waals surface area contributed by atoms with Gasteiger partial charge in [-0.25, -0.2) is 4.98 Å². The van der Waals surface area contributed by atoms with Crippen molar-refractivity contribution in [3.8, 4) is 0 Å². The topological polar surface area (TPSA) is 75.5 Å². The highest BCUT2D eigenvalue weighted by atomic mass is 16.4. The SMILES string of the molecule is CN(CCN)CCc1cnc([C@](O)(c2ccccc2)C2CCCCC2)o1. The Bertz CT molecular complexity index is 667. The molecule has 0 unspecified atom stereocenters. The van der Waals surface area contributed by atoms with Gasteiger partial charge in [-0.05, 0) is 25.5 Å². The highest BCUT2D eigenvalue weighted by Crippen LogP contribution is 2.43. The number of benzene rings is 1. The summed E-state index contributed by atoms with van der Waals surface area (Å²) in [5.41, 5.74) is 5.32. The Kier molecular flexibility index (Phi) is 6.46. The van der Waals surface area contributed by atoms with Crippen LogP contribution in [0.2, 0.25) is 0 Å². The van der Waals surface area contributed by atoms with E-state index in [2.05, 4.69) is 9.88 Å². The van der Waals surface area contributed by atoms with E-state index in [0.29, 0.717) is 12.4 Å². The zero-order valence-electron chi connectivity index (χ0n) is 15.7. The molecule has 0 amide bonds. The van der Waals surface area contributed by atoms with Gasteiger partial charge in [-0.1, -0.05) is 49.6 Å². The number of hydrogen-bond donors (Lipinski definition) is 2. The van der Waals surface area contributed by atoms with Crippen LogP contribution >= 0.6 is 0 Å². The predicted molar refractivity (Wildman–Crippen MR) is 103 cm³/mol. The van der Waals surface area contributed by atoms with Crippen molar-refractivity contribution in [2.75, 3.05) is 26.7 Å². The minimum absolute atomic E-state index is 0.144. The lowest BCUT2D eigenvalue weighted by molar-refractivity contribution is -0.0239. The molecule has 1 aliphatic carbocycles. The standard InChI is InChI=1S/C21H31N3O2/c1-24(15-13-22)14-12-19-16-23-20(26-19)21(25,17-8-4-2-5-9-17)18-10-6-3-7-11-18/h2,4-5,8-9,16,18,25H,3,6-7,10-15,22H2,1H3/t21-/m0/s1. The third-order valence-corrected chi connectivity index (χ3v) is 5.54. The summed E-state index contributed by atoms with van der Waals surface area (Å²) < 4.78 is 6.07. The van der Waals surface area contributed by atoms with Gasteiger partial charge >= 0.3 is 0 Å². The number of nitrogens with zero attached hydrogens (tertiary/aromatic N) is 2. The molecular weight excluding hydrogens is 326 g/mol. The first-order chi connectivity index (χ1) is 12.6. The first kappa shape index (κ1) is 19.1. The Morgan fingerprint density at radius 3 is 2.62 bits per heavy atom. The third kappa shape index (κ3) is 4.17. The third-order valence-electron chi connectivity index (χ3n) is 5.54. The Labute approximate surface area is 156 Å². The molecule has 0 spiro atoms. The van der Waals surface area contributed by atoms with Crippen molar-refractivity contribution in [1.82, 2.24) is 9.88 Å². The molecule has 1 fully saturated rings. The second-order valence-corrected chi connectivity index (χ2v) is 7.44. The molecule has 0 bridgehead atoms. The fourth-order valence-corrected chi connectivity index (χ4v) is 3.98. The van der Waals surface area contributed by atoms with E-state index in [-0.39, 0.29) is 5.92 Å². The Morgan fingerprint density at radius 1 is 1.19 bits per heavy atom. The zero-order valence-corrected chi connectivity index (χ0v) is 15.7. The van der Waals surface area contributed by atoms with E-state index in [1.165, 1.54) is 6.42 Å². The van der Waals surface area contributed by atoms with Gasteiger partial charge < -0.3 is 20.2 Å². The van der Waals surface area contributed by atoms with E-state index in [0.717, 1.165) is 56.5 Å². The van der Waals surface area contributed by atoms with Crippen molar-refractivity contribution in [1.29, 1.82) is 0 Å². The van der Waals surface area contributed by atoms with Crippen LogP contribution in [0.3, 0.4) is 0 Å². The molecule has 26 heavy (non-hydrogen) atoms. The minimum atomic E-state index is -1.15. The Balaban J connectivity index is 1.83. The van der Waals surface area contributed by atoms with Crippen molar-refractivity contribution in [3.63, 3.8) is 0 Å². The molecule has 0 saturated heterocycles. The van der Waals surface area contributed by atoms with Gasteiger partial charge in [-0.2, -0.15) is 0 Å². The first-order valence-electron chi connectivity index (χ1n) is 9.76. The van der Waals surface area contributed by atoms with Crippen molar-refractivity contribution in [2.45, 2.75) is 44.1 Å². The Morgan fingerprint density at radius 2 is 1.92 bits per heavy atom. The molecule has 0 aliphatic heterocycles.